The number of carbonyl (C=O) groups is 1. The quantitative estimate of drug-likeness (QED) is 0.900. The Hall–Kier alpha value is -1.62. The van der Waals surface area contributed by atoms with Crippen molar-refractivity contribution in [3.63, 3.8) is 0 Å². The molecular formula is C16H20N2O3. The second-order valence-electron chi connectivity index (χ2n) is 6.34. The van der Waals surface area contributed by atoms with E-state index < -0.39 is 0 Å². The maximum atomic E-state index is 12.7. The summed E-state index contributed by atoms with van der Waals surface area (Å²) in [7, 11) is 0. The fraction of sp³-hybridized carbons (Fsp3) is 0.625. The largest absolute Gasteiger partial charge is 0.374 e. The summed E-state index contributed by atoms with van der Waals surface area (Å²) in [4.78, 5) is 29.7. The van der Waals surface area contributed by atoms with Crippen LogP contribution in [0.4, 0.5) is 0 Å². The summed E-state index contributed by atoms with van der Waals surface area (Å²) in [6.07, 6.45) is 5.52. The maximum absolute atomic E-state index is 12.7. The number of hydrogen-bond donors (Lipinski definition) is 1. The minimum atomic E-state index is -0.245. The minimum absolute atomic E-state index is 0.140. The Morgan fingerprint density at radius 2 is 2.10 bits per heavy atom. The molecule has 1 N–H and O–H groups in total. The molecule has 0 unspecified atom stereocenters. The number of amides is 1. The Kier molecular flexibility index (Phi) is 3.10. The van der Waals surface area contributed by atoms with Crippen molar-refractivity contribution < 1.29 is 9.53 Å². The molecule has 1 aromatic heterocycles. The Morgan fingerprint density at radius 3 is 2.86 bits per heavy atom. The van der Waals surface area contributed by atoms with E-state index in [4.69, 9.17) is 4.74 Å². The molecule has 5 nitrogen and oxygen atoms in total. The first-order valence-electron chi connectivity index (χ1n) is 7.90. The van der Waals surface area contributed by atoms with E-state index in [1.165, 1.54) is 0 Å². The van der Waals surface area contributed by atoms with Gasteiger partial charge in [0, 0.05) is 12.2 Å². The van der Waals surface area contributed by atoms with Gasteiger partial charge in [-0.2, -0.15) is 0 Å². The molecule has 0 spiro atoms. The number of aromatic amines is 1. The van der Waals surface area contributed by atoms with E-state index in [9.17, 15) is 9.59 Å². The zero-order chi connectivity index (χ0) is 14.4. The number of pyridine rings is 1. The van der Waals surface area contributed by atoms with Crippen molar-refractivity contribution in [3.8, 4) is 0 Å². The number of morpholine rings is 1. The highest BCUT2D eigenvalue weighted by atomic mass is 16.5. The van der Waals surface area contributed by atoms with Gasteiger partial charge in [-0.3, -0.25) is 9.59 Å². The summed E-state index contributed by atoms with van der Waals surface area (Å²) in [6, 6.07) is 3.75. The number of nitrogens with zero attached hydrogens (tertiary/aromatic N) is 1. The van der Waals surface area contributed by atoms with Crippen molar-refractivity contribution in [2.75, 3.05) is 13.2 Å². The van der Waals surface area contributed by atoms with Crippen LogP contribution in [0.25, 0.3) is 0 Å². The summed E-state index contributed by atoms with van der Waals surface area (Å²) in [5.41, 5.74) is 0.995. The van der Waals surface area contributed by atoms with Crippen LogP contribution in [0.5, 0.6) is 0 Å². The summed E-state index contributed by atoms with van der Waals surface area (Å²) < 4.78 is 5.73. The molecule has 2 heterocycles. The molecule has 3 fully saturated rings. The van der Waals surface area contributed by atoms with Gasteiger partial charge in [-0.25, -0.2) is 0 Å². The van der Waals surface area contributed by atoms with Gasteiger partial charge in [0.05, 0.1) is 18.8 Å². The van der Waals surface area contributed by atoms with Gasteiger partial charge in [0.1, 0.15) is 5.56 Å². The lowest BCUT2D eigenvalue weighted by atomic mass is 10.1. The lowest BCUT2D eigenvalue weighted by Gasteiger charge is -2.37. The third-order valence-corrected chi connectivity index (χ3v) is 4.92. The smallest absolute Gasteiger partial charge is 0.261 e. The van der Waals surface area contributed by atoms with Crippen LogP contribution < -0.4 is 5.56 Å². The van der Waals surface area contributed by atoms with Crippen LogP contribution in [0.2, 0.25) is 0 Å². The summed E-state index contributed by atoms with van der Waals surface area (Å²) in [5.74, 6) is 0.350. The van der Waals surface area contributed by atoms with E-state index in [0.29, 0.717) is 19.1 Å². The standard InChI is InChI=1S/C16H20N2O3/c19-15-11(6-7-12(17-15)10-4-5-10)16(20)18-8-9-21-14-3-1-2-13(14)18/h6-7,10,13-14H,1-5,8-9H2,(H,17,19)/t13-,14+/m0/s1. The van der Waals surface area contributed by atoms with Crippen LogP contribution in [0.3, 0.4) is 0 Å². The average Bonchev–Trinajstić information content (AvgIpc) is 3.23. The predicted molar refractivity (Wildman–Crippen MR) is 77.5 cm³/mol. The van der Waals surface area contributed by atoms with Gasteiger partial charge in [0.15, 0.2) is 0 Å². The van der Waals surface area contributed by atoms with Crippen molar-refractivity contribution in [1.82, 2.24) is 9.88 Å². The molecule has 1 aromatic rings. The SMILES string of the molecule is O=C(c1ccc(C2CC2)[nH]c1=O)N1CCO[C@@H]2CCC[C@@H]21. The molecule has 5 heteroatoms. The molecule has 21 heavy (non-hydrogen) atoms. The van der Waals surface area contributed by atoms with Gasteiger partial charge < -0.3 is 14.6 Å². The lowest BCUT2D eigenvalue weighted by Crippen LogP contribution is -2.52. The van der Waals surface area contributed by atoms with E-state index >= 15 is 0 Å². The van der Waals surface area contributed by atoms with Crippen molar-refractivity contribution in [2.24, 2.45) is 0 Å². The van der Waals surface area contributed by atoms with Gasteiger partial charge in [-0.1, -0.05) is 0 Å². The van der Waals surface area contributed by atoms with Gasteiger partial charge in [-0.15, -0.1) is 0 Å². The van der Waals surface area contributed by atoms with E-state index in [1.807, 2.05) is 11.0 Å². The van der Waals surface area contributed by atoms with Gasteiger partial charge >= 0.3 is 0 Å². The average molecular weight is 288 g/mol. The van der Waals surface area contributed by atoms with Crippen LogP contribution in [0, 0.1) is 0 Å². The van der Waals surface area contributed by atoms with Crippen LogP contribution in [-0.2, 0) is 4.74 Å². The third kappa shape index (κ3) is 2.29. The lowest BCUT2D eigenvalue weighted by molar-refractivity contribution is -0.0446. The first kappa shape index (κ1) is 13.1. The van der Waals surface area contributed by atoms with Crippen LogP contribution in [0.1, 0.15) is 54.1 Å². The predicted octanol–water partition coefficient (Wildman–Crippen LogP) is 1.65. The highest BCUT2D eigenvalue weighted by molar-refractivity contribution is 5.94. The summed E-state index contributed by atoms with van der Waals surface area (Å²) in [6.45, 7) is 1.16. The van der Waals surface area contributed by atoms with Gasteiger partial charge in [-0.05, 0) is 50.2 Å². The van der Waals surface area contributed by atoms with Crippen molar-refractivity contribution in [2.45, 2.75) is 50.2 Å². The maximum Gasteiger partial charge on any atom is 0.261 e. The molecule has 1 amide bonds. The molecule has 1 aliphatic heterocycles. The molecule has 0 radical (unpaired) electrons. The molecule has 2 saturated carbocycles. The first-order chi connectivity index (χ1) is 10.2. The van der Waals surface area contributed by atoms with E-state index in [1.54, 1.807) is 6.07 Å². The highest BCUT2D eigenvalue weighted by Gasteiger charge is 2.39. The zero-order valence-electron chi connectivity index (χ0n) is 12.0. The molecular weight excluding hydrogens is 268 g/mol. The molecule has 3 aliphatic rings. The molecule has 2 atom stereocenters. The Labute approximate surface area is 123 Å². The fourth-order valence-electron chi connectivity index (χ4n) is 3.62. The Balaban J connectivity index is 1.60. The Morgan fingerprint density at radius 1 is 1.24 bits per heavy atom. The highest BCUT2D eigenvalue weighted by Crippen LogP contribution is 2.38. The first-order valence-corrected chi connectivity index (χ1v) is 7.90. The molecule has 1 saturated heterocycles. The van der Waals surface area contributed by atoms with Gasteiger partial charge in [0.2, 0.25) is 0 Å². The Bertz CT molecular complexity index is 620. The fourth-order valence-corrected chi connectivity index (χ4v) is 3.62. The van der Waals surface area contributed by atoms with Crippen molar-refractivity contribution >= 4 is 5.91 Å². The van der Waals surface area contributed by atoms with Crippen LogP contribution >= 0.6 is 0 Å². The number of aromatic nitrogens is 1. The second kappa shape index (κ2) is 4.98. The normalized spacial score (nSPS) is 28.5. The van der Waals surface area contributed by atoms with E-state index in [-0.39, 0.29) is 29.2 Å². The number of rotatable bonds is 2. The summed E-state index contributed by atoms with van der Waals surface area (Å²) in [5, 5.41) is 0. The van der Waals surface area contributed by atoms with E-state index in [2.05, 4.69) is 4.98 Å². The molecule has 0 aromatic carbocycles. The number of fused-ring (bicyclic) bond motifs is 1. The number of nitrogens with one attached hydrogen (secondary N) is 1. The van der Waals surface area contributed by atoms with Crippen LogP contribution in [0.15, 0.2) is 16.9 Å². The number of H-pyrrole nitrogens is 1. The topological polar surface area (TPSA) is 62.4 Å². The monoisotopic (exact) mass is 288 g/mol. The number of carbonyl (C=O) groups excluding carboxylic acids is 1. The van der Waals surface area contributed by atoms with Crippen molar-refractivity contribution in [3.05, 3.63) is 33.7 Å². The number of hydrogen-bond acceptors (Lipinski definition) is 3. The van der Waals surface area contributed by atoms with Crippen molar-refractivity contribution in [1.29, 1.82) is 0 Å². The molecule has 2 aliphatic carbocycles. The van der Waals surface area contributed by atoms with E-state index in [0.717, 1.165) is 37.8 Å². The van der Waals surface area contributed by atoms with Gasteiger partial charge in [0.25, 0.3) is 11.5 Å². The number of ether oxygens (including phenoxy) is 1. The second-order valence-corrected chi connectivity index (χ2v) is 6.34. The molecule has 4 rings (SSSR count). The third-order valence-electron chi connectivity index (χ3n) is 4.92. The molecule has 0 bridgehead atoms. The molecule has 112 valence electrons. The summed E-state index contributed by atoms with van der Waals surface area (Å²) >= 11 is 0. The zero-order valence-corrected chi connectivity index (χ0v) is 12.0. The van der Waals surface area contributed by atoms with Crippen LogP contribution in [-0.4, -0.2) is 41.1 Å². The minimum Gasteiger partial charge on any atom is -0.374 e.